The van der Waals surface area contributed by atoms with Gasteiger partial charge in [0, 0.05) is 63.4 Å². The number of methoxy groups -OCH3 is 2. The fourth-order valence-electron chi connectivity index (χ4n) is 7.85. The molecule has 2 fully saturated rings. The molecule has 2 aromatic heterocycles. The number of ether oxygens (including phenoxy) is 6. The maximum absolute atomic E-state index is 14.1. The van der Waals surface area contributed by atoms with Crippen molar-refractivity contribution in [3.05, 3.63) is 84.6 Å². The van der Waals surface area contributed by atoms with Crippen LogP contribution < -0.4 is 25.0 Å². The Morgan fingerprint density at radius 2 is 1.76 bits per heavy atom. The van der Waals surface area contributed by atoms with E-state index in [2.05, 4.69) is 22.2 Å². The van der Waals surface area contributed by atoms with Gasteiger partial charge in [-0.2, -0.15) is 0 Å². The first kappa shape index (κ1) is 43.4. The van der Waals surface area contributed by atoms with E-state index in [1.54, 1.807) is 53.9 Å². The van der Waals surface area contributed by atoms with Crippen molar-refractivity contribution in [3.8, 4) is 22.6 Å². The smallest absolute Gasteiger partial charge is 0.416 e. The molecule has 4 aromatic rings. The summed E-state index contributed by atoms with van der Waals surface area (Å²) in [5, 5.41) is 5.62. The molecular weight excluding hydrogens is 803 g/mol. The molecule has 328 valence electrons. The van der Waals surface area contributed by atoms with E-state index in [0.29, 0.717) is 49.5 Å². The van der Waals surface area contributed by atoms with Crippen LogP contribution >= 0.6 is 0 Å². The van der Waals surface area contributed by atoms with Gasteiger partial charge in [0.15, 0.2) is 29.8 Å². The fourth-order valence-corrected chi connectivity index (χ4v) is 7.85. The lowest BCUT2D eigenvalue weighted by molar-refractivity contribution is -0.195. The van der Waals surface area contributed by atoms with Gasteiger partial charge in [-0.15, -0.1) is 0 Å². The molecule has 2 saturated heterocycles. The Kier molecular flexibility index (Phi) is 13.6. The molecule has 2 N–H and O–H groups in total. The molecule has 2 aromatic carbocycles. The number of hydrogen-bond donors (Lipinski definition) is 2. The van der Waals surface area contributed by atoms with Gasteiger partial charge in [0.25, 0.3) is 11.8 Å². The Hall–Kier alpha value is -6.66. The standard InChI is InChI=1S/C44H51N7O11/c1-6-19-61-44(56)51-32-24-35(34(57-4)23-30(32)41(54)50-18-9-11-31(50)42(51)62-38-13-7-8-20-60-38)59-21-10-12-37(52)45-29-16-14-27(15-17-29)28-22-33(48(2)25-28)40(53)47-36-26-49(3)39(46-36)43(55)58-5/h6,14-17,22-26,31,38,42H,1,7-13,18-21H2,2-5H3,(H,45,52)(H,47,53)/t31-,38?,42?/m0/s1. The number of nitrogens with zero attached hydrogens (tertiary/aromatic N) is 5. The third-order valence-corrected chi connectivity index (χ3v) is 10.9. The van der Waals surface area contributed by atoms with Gasteiger partial charge < -0.3 is 53.1 Å². The molecule has 0 radical (unpaired) electrons. The lowest BCUT2D eigenvalue weighted by Crippen LogP contribution is -2.54. The molecule has 18 nitrogen and oxygen atoms in total. The minimum absolute atomic E-state index is 0.0452. The zero-order chi connectivity index (χ0) is 43.9. The number of anilines is 3. The van der Waals surface area contributed by atoms with Crippen LogP contribution in [0.3, 0.4) is 0 Å². The summed E-state index contributed by atoms with van der Waals surface area (Å²) in [7, 11) is 6.10. The average Bonchev–Trinajstić information content (AvgIpc) is 4.01. The summed E-state index contributed by atoms with van der Waals surface area (Å²) in [6.45, 7) is 4.80. The van der Waals surface area contributed by atoms with E-state index in [4.69, 9.17) is 28.4 Å². The molecule has 0 spiro atoms. The fraction of sp³-hybridized carbons (Fsp3) is 0.409. The molecule has 0 aliphatic carbocycles. The monoisotopic (exact) mass is 853 g/mol. The van der Waals surface area contributed by atoms with Gasteiger partial charge in [-0.05, 0) is 68.4 Å². The molecule has 3 atom stereocenters. The SMILES string of the molecule is C=CCOC(=O)N1c2cc(OCCCC(=O)Nc3ccc(-c4cc(C(=O)Nc5cn(C)c(C(=O)OC)n5)n(C)c4)cc3)c(OC)cc2C(=O)N2CCC[C@H]2C1OC1CCCCO1. The minimum atomic E-state index is -0.887. The van der Waals surface area contributed by atoms with Crippen LogP contribution in [-0.4, -0.2) is 108 Å². The normalized spacial score (nSPS) is 18.3. The summed E-state index contributed by atoms with van der Waals surface area (Å²) >= 11 is 0. The molecule has 4 amide bonds. The van der Waals surface area contributed by atoms with Gasteiger partial charge >= 0.3 is 12.1 Å². The number of imidazole rings is 1. The van der Waals surface area contributed by atoms with E-state index in [9.17, 15) is 24.0 Å². The first-order valence-corrected chi connectivity index (χ1v) is 20.5. The number of hydrogen-bond acceptors (Lipinski definition) is 12. The molecular formula is C44H51N7O11. The molecule has 62 heavy (non-hydrogen) atoms. The molecule has 3 aliphatic heterocycles. The van der Waals surface area contributed by atoms with E-state index in [0.717, 1.165) is 30.4 Å². The first-order chi connectivity index (χ1) is 30.0. The van der Waals surface area contributed by atoms with E-state index in [1.807, 2.05) is 18.3 Å². The van der Waals surface area contributed by atoms with Crippen molar-refractivity contribution in [2.75, 3.05) is 56.1 Å². The Labute approximate surface area is 358 Å². The number of benzene rings is 2. The number of amides is 4. The minimum Gasteiger partial charge on any atom is -0.493 e. The predicted octanol–water partition coefficient (Wildman–Crippen LogP) is 5.89. The highest BCUT2D eigenvalue weighted by Crippen LogP contribution is 2.42. The van der Waals surface area contributed by atoms with Crippen LogP contribution in [0.4, 0.5) is 22.0 Å². The van der Waals surface area contributed by atoms with Crippen LogP contribution in [0.5, 0.6) is 11.5 Å². The second-order valence-corrected chi connectivity index (χ2v) is 15.1. The number of esters is 1. The average molecular weight is 854 g/mol. The van der Waals surface area contributed by atoms with Gasteiger partial charge in [-0.25, -0.2) is 19.5 Å². The summed E-state index contributed by atoms with van der Waals surface area (Å²) < 4.78 is 37.7. The van der Waals surface area contributed by atoms with Crippen molar-refractivity contribution >= 4 is 47.0 Å². The second-order valence-electron chi connectivity index (χ2n) is 15.1. The molecule has 2 unspecified atom stereocenters. The number of nitrogens with one attached hydrogen (secondary N) is 2. The Morgan fingerprint density at radius 3 is 2.48 bits per heavy atom. The predicted molar refractivity (Wildman–Crippen MR) is 226 cm³/mol. The van der Waals surface area contributed by atoms with E-state index < -0.39 is 36.5 Å². The molecule has 0 saturated carbocycles. The summed E-state index contributed by atoms with van der Waals surface area (Å²) in [4.78, 5) is 73.2. The van der Waals surface area contributed by atoms with Crippen molar-refractivity contribution in [2.24, 2.45) is 14.1 Å². The number of carbonyl (C=O) groups excluding carboxylic acids is 5. The summed E-state index contributed by atoms with van der Waals surface area (Å²) in [5.41, 5.74) is 3.05. The van der Waals surface area contributed by atoms with Gasteiger partial charge in [0.1, 0.15) is 12.3 Å². The van der Waals surface area contributed by atoms with Gasteiger partial charge in [-0.1, -0.05) is 24.8 Å². The molecule has 5 heterocycles. The van der Waals surface area contributed by atoms with Gasteiger partial charge in [0.2, 0.25) is 11.7 Å². The van der Waals surface area contributed by atoms with Crippen LogP contribution in [0.25, 0.3) is 11.1 Å². The topological polar surface area (TPSA) is 194 Å². The Bertz CT molecular complexity index is 2310. The lowest BCUT2D eigenvalue weighted by atomic mass is 10.1. The van der Waals surface area contributed by atoms with Crippen molar-refractivity contribution in [1.82, 2.24) is 19.0 Å². The first-order valence-electron chi connectivity index (χ1n) is 20.5. The number of aromatic nitrogens is 3. The van der Waals surface area contributed by atoms with Crippen LogP contribution in [0.1, 0.15) is 76.4 Å². The quantitative estimate of drug-likeness (QED) is 0.0820. The summed E-state index contributed by atoms with van der Waals surface area (Å²) in [6, 6.07) is 11.7. The van der Waals surface area contributed by atoms with E-state index in [-0.39, 0.29) is 60.1 Å². The zero-order valence-electron chi connectivity index (χ0n) is 35.2. The van der Waals surface area contributed by atoms with Crippen molar-refractivity contribution < 1.29 is 52.4 Å². The molecule has 7 rings (SSSR count). The Balaban J connectivity index is 0.986. The second kappa shape index (κ2) is 19.4. The highest BCUT2D eigenvalue weighted by molar-refractivity contribution is 6.06. The largest absolute Gasteiger partial charge is 0.493 e. The number of carbonyl (C=O) groups is 5. The molecule has 18 heteroatoms. The van der Waals surface area contributed by atoms with Crippen molar-refractivity contribution in [2.45, 2.75) is 63.5 Å². The number of fused-ring (bicyclic) bond motifs is 2. The van der Waals surface area contributed by atoms with Crippen molar-refractivity contribution in [3.63, 3.8) is 0 Å². The van der Waals surface area contributed by atoms with E-state index in [1.165, 1.54) is 36.0 Å². The van der Waals surface area contributed by atoms with Crippen LogP contribution in [0.2, 0.25) is 0 Å². The number of aryl methyl sites for hydroxylation is 2. The number of rotatable bonds is 15. The van der Waals surface area contributed by atoms with Crippen LogP contribution in [-0.2, 0) is 37.8 Å². The molecule has 3 aliphatic rings. The molecule has 0 bridgehead atoms. The lowest BCUT2D eigenvalue weighted by Gasteiger charge is -2.38. The maximum atomic E-state index is 14.1. The Morgan fingerprint density at radius 1 is 0.952 bits per heavy atom. The van der Waals surface area contributed by atoms with Crippen LogP contribution in [0, 0.1) is 0 Å². The van der Waals surface area contributed by atoms with Crippen LogP contribution in [0.15, 0.2) is 67.5 Å². The summed E-state index contributed by atoms with van der Waals surface area (Å²) in [5.74, 6) is -0.690. The highest BCUT2D eigenvalue weighted by atomic mass is 16.7. The van der Waals surface area contributed by atoms with E-state index >= 15 is 0 Å². The maximum Gasteiger partial charge on any atom is 0.416 e. The summed E-state index contributed by atoms with van der Waals surface area (Å²) in [6.07, 6.45) is 7.00. The highest BCUT2D eigenvalue weighted by Gasteiger charge is 2.48. The zero-order valence-corrected chi connectivity index (χ0v) is 35.2. The van der Waals surface area contributed by atoms with Gasteiger partial charge in [-0.3, -0.25) is 14.4 Å². The third-order valence-electron chi connectivity index (χ3n) is 10.9. The van der Waals surface area contributed by atoms with Gasteiger partial charge in [0.05, 0.1) is 38.1 Å². The van der Waals surface area contributed by atoms with Crippen molar-refractivity contribution in [1.29, 1.82) is 0 Å². The third kappa shape index (κ3) is 9.45.